The molecule has 0 amide bonds. The smallest absolute Gasteiger partial charge is 0.257 e. The summed E-state index contributed by atoms with van der Waals surface area (Å²) in [5.74, 6) is 1.000. The number of aromatic hydroxyl groups is 1. The summed E-state index contributed by atoms with van der Waals surface area (Å²) in [7, 11) is 3.19. The lowest BCUT2D eigenvalue weighted by molar-refractivity contribution is 0.0532. The van der Waals surface area contributed by atoms with Crippen molar-refractivity contribution in [3.63, 3.8) is 0 Å². The number of hydrogen-bond acceptors (Lipinski definition) is 8. The molecule has 10 nitrogen and oxygen atoms in total. The van der Waals surface area contributed by atoms with Crippen molar-refractivity contribution in [2.45, 2.75) is 13.5 Å². The molecule has 0 fully saturated rings. The summed E-state index contributed by atoms with van der Waals surface area (Å²) in [5, 5.41) is 15.6. The van der Waals surface area contributed by atoms with Crippen LogP contribution in [0, 0.1) is 0 Å². The lowest BCUT2D eigenvalue weighted by atomic mass is 10.1. The summed E-state index contributed by atoms with van der Waals surface area (Å²) in [6.45, 7) is 4.57. The van der Waals surface area contributed by atoms with Crippen molar-refractivity contribution in [3.8, 4) is 34.5 Å². The van der Waals surface area contributed by atoms with E-state index in [0.29, 0.717) is 54.7 Å². The Morgan fingerprint density at radius 1 is 1.03 bits per heavy atom. The average molecular weight is 453 g/mol. The Kier molecular flexibility index (Phi) is 7.06. The number of pyridine rings is 2. The van der Waals surface area contributed by atoms with Gasteiger partial charge in [0.2, 0.25) is 5.88 Å². The second-order valence-corrected chi connectivity index (χ2v) is 7.19. The van der Waals surface area contributed by atoms with E-state index in [1.165, 1.54) is 0 Å². The maximum atomic E-state index is 10.7. The van der Waals surface area contributed by atoms with Crippen molar-refractivity contribution >= 4 is 10.9 Å². The molecule has 1 N–H and O–H groups in total. The van der Waals surface area contributed by atoms with Crippen molar-refractivity contribution in [1.29, 1.82) is 0 Å². The first-order valence-electron chi connectivity index (χ1n) is 10.6. The molecule has 0 bridgehead atoms. The van der Waals surface area contributed by atoms with Crippen LogP contribution in [-0.2, 0) is 16.0 Å². The molecule has 0 saturated carbocycles. The van der Waals surface area contributed by atoms with Crippen molar-refractivity contribution in [1.82, 2.24) is 24.3 Å². The molecule has 0 spiro atoms. The van der Waals surface area contributed by atoms with E-state index in [1.54, 1.807) is 42.1 Å². The zero-order valence-corrected chi connectivity index (χ0v) is 18.9. The fourth-order valence-electron chi connectivity index (χ4n) is 3.35. The number of methoxy groups -OCH3 is 2. The van der Waals surface area contributed by atoms with E-state index in [4.69, 9.17) is 23.9 Å². The third kappa shape index (κ3) is 4.91. The quantitative estimate of drug-likeness (QED) is 0.346. The van der Waals surface area contributed by atoms with Gasteiger partial charge < -0.3 is 24.1 Å². The number of rotatable bonds is 11. The Morgan fingerprint density at radius 2 is 1.88 bits per heavy atom. The molecule has 0 unspecified atom stereocenters. The zero-order chi connectivity index (χ0) is 23.2. The Balaban J connectivity index is 1.54. The van der Waals surface area contributed by atoms with Gasteiger partial charge in [0.25, 0.3) is 5.88 Å². The fourth-order valence-corrected chi connectivity index (χ4v) is 3.35. The van der Waals surface area contributed by atoms with E-state index >= 15 is 0 Å². The van der Waals surface area contributed by atoms with E-state index < -0.39 is 0 Å². The minimum atomic E-state index is 0.117. The second kappa shape index (κ2) is 10.3. The maximum Gasteiger partial charge on any atom is 0.257 e. The van der Waals surface area contributed by atoms with E-state index in [9.17, 15) is 5.11 Å². The van der Waals surface area contributed by atoms with Gasteiger partial charge in [-0.3, -0.25) is 9.25 Å². The summed E-state index contributed by atoms with van der Waals surface area (Å²) in [4.78, 5) is 9.10. The highest BCUT2D eigenvalue weighted by Crippen LogP contribution is 2.33. The molecule has 0 saturated heterocycles. The van der Waals surface area contributed by atoms with E-state index in [0.717, 1.165) is 17.8 Å². The van der Waals surface area contributed by atoms with Gasteiger partial charge in [-0.1, -0.05) is 0 Å². The monoisotopic (exact) mass is 453 g/mol. The number of hydrogen-bond donors (Lipinski definition) is 1. The first-order valence-corrected chi connectivity index (χ1v) is 10.6. The number of aromatic nitrogens is 5. The van der Waals surface area contributed by atoms with Gasteiger partial charge in [-0.05, 0) is 25.1 Å². The van der Waals surface area contributed by atoms with Gasteiger partial charge in [-0.15, -0.1) is 0 Å². The summed E-state index contributed by atoms with van der Waals surface area (Å²) in [6.07, 6.45) is 7.05. The van der Waals surface area contributed by atoms with Gasteiger partial charge in [-0.25, -0.2) is 9.97 Å². The number of ether oxygens (including phenoxy) is 4. The molecule has 174 valence electrons. The molecule has 0 atom stereocenters. The van der Waals surface area contributed by atoms with Crippen LogP contribution in [0.15, 0.2) is 43.0 Å². The first-order chi connectivity index (χ1) is 16.1. The molecule has 0 radical (unpaired) electrons. The Labute approximate surface area is 191 Å². The minimum absolute atomic E-state index is 0.117. The third-order valence-electron chi connectivity index (χ3n) is 5.10. The molecule has 0 aliphatic carbocycles. The highest BCUT2D eigenvalue weighted by Gasteiger charge is 2.15. The summed E-state index contributed by atoms with van der Waals surface area (Å²) in [6, 6.07) is 5.49. The molecular formula is C23H27N5O5. The fraction of sp³-hybridized carbons (Fsp3) is 0.348. The molecule has 10 heteroatoms. The maximum absolute atomic E-state index is 10.7. The topological polar surface area (TPSA) is 106 Å². The molecule has 0 aliphatic rings. The van der Waals surface area contributed by atoms with E-state index in [2.05, 4.69) is 10.1 Å². The summed E-state index contributed by atoms with van der Waals surface area (Å²) < 4.78 is 24.9. The Morgan fingerprint density at radius 3 is 2.64 bits per heavy atom. The van der Waals surface area contributed by atoms with Crippen LogP contribution in [0.2, 0.25) is 0 Å². The molecule has 4 heterocycles. The van der Waals surface area contributed by atoms with Crippen LogP contribution in [-0.4, -0.2) is 70.1 Å². The van der Waals surface area contributed by atoms with Crippen LogP contribution in [0.3, 0.4) is 0 Å². The van der Waals surface area contributed by atoms with Gasteiger partial charge >= 0.3 is 0 Å². The SMILES string of the molecule is CCn1cc(-n2cc3nc(-c4cnc(OCCOCCOC)c(OC)c4)ccc3c2O)cn1. The van der Waals surface area contributed by atoms with Crippen LogP contribution < -0.4 is 9.47 Å². The van der Waals surface area contributed by atoms with Crippen LogP contribution in [0.5, 0.6) is 17.5 Å². The predicted octanol–water partition coefficient (Wildman–Crippen LogP) is 3.06. The van der Waals surface area contributed by atoms with Crippen LogP contribution in [0.25, 0.3) is 27.8 Å². The zero-order valence-electron chi connectivity index (χ0n) is 18.9. The molecule has 4 aromatic rings. The van der Waals surface area contributed by atoms with Gasteiger partial charge in [0.1, 0.15) is 6.61 Å². The lowest BCUT2D eigenvalue weighted by Crippen LogP contribution is -2.11. The van der Waals surface area contributed by atoms with Gasteiger partial charge in [-0.2, -0.15) is 5.10 Å². The Bertz CT molecular complexity index is 1220. The van der Waals surface area contributed by atoms with Crippen LogP contribution in [0.4, 0.5) is 0 Å². The standard InChI is InChI=1S/C23H27N5O5/c1-4-27-14-17(13-25-27)28-15-20-18(23(28)29)5-6-19(26-20)16-11-21(31-3)22(24-12-16)33-10-9-32-8-7-30-2/h5-6,11-15,29H,4,7-10H2,1-3H3. The van der Waals surface area contributed by atoms with Gasteiger partial charge in [0.15, 0.2) is 5.75 Å². The van der Waals surface area contributed by atoms with E-state index in [1.807, 2.05) is 31.3 Å². The molecule has 4 aromatic heterocycles. The summed E-state index contributed by atoms with van der Waals surface area (Å²) >= 11 is 0. The Hall–Kier alpha value is -3.63. The third-order valence-corrected chi connectivity index (χ3v) is 5.10. The van der Waals surface area contributed by atoms with Crippen molar-refractivity contribution < 1.29 is 24.1 Å². The molecule has 33 heavy (non-hydrogen) atoms. The van der Waals surface area contributed by atoms with Crippen molar-refractivity contribution in [2.24, 2.45) is 0 Å². The van der Waals surface area contributed by atoms with Crippen LogP contribution >= 0.6 is 0 Å². The number of aryl methyl sites for hydroxylation is 1. The first kappa shape index (κ1) is 22.6. The number of fused-ring (bicyclic) bond motifs is 1. The molecule has 0 aliphatic heterocycles. The highest BCUT2D eigenvalue weighted by atomic mass is 16.6. The van der Waals surface area contributed by atoms with E-state index in [-0.39, 0.29) is 5.88 Å². The molecule has 0 aromatic carbocycles. The predicted molar refractivity (Wildman–Crippen MR) is 122 cm³/mol. The highest BCUT2D eigenvalue weighted by molar-refractivity contribution is 5.87. The summed E-state index contributed by atoms with van der Waals surface area (Å²) in [5.41, 5.74) is 2.89. The normalized spacial score (nSPS) is 11.2. The van der Waals surface area contributed by atoms with Gasteiger partial charge in [0, 0.05) is 37.8 Å². The largest absolute Gasteiger partial charge is 0.494 e. The van der Waals surface area contributed by atoms with Crippen molar-refractivity contribution in [3.05, 3.63) is 43.0 Å². The van der Waals surface area contributed by atoms with Crippen LogP contribution in [0.1, 0.15) is 6.92 Å². The lowest BCUT2D eigenvalue weighted by Gasteiger charge is -2.11. The van der Waals surface area contributed by atoms with Crippen molar-refractivity contribution in [2.75, 3.05) is 40.6 Å². The number of nitrogens with zero attached hydrogens (tertiary/aromatic N) is 5. The average Bonchev–Trinajstić information content (AvgIpc) is 3.45. The molecular weight excluding hydrogens is 426 g/mol. The minimum Gasteiger partial charge on any atom is -0.494 e. The molecule has 4 rings (SSSR count). The van der Waals surface area contributed by atoms with Gasteiger partial charge in [0.05, 0.1) is 55.4 Å². The second-order valence-electron chi connectivity index (χ2n) is 7.19.